The minimum Gasteiger partial charge on any atom is -0.382 e. The first-order valence-electron chi connectivity index (χ1n) is 7.38. The number of aliphatic hydroxyl groups excluding tert-OH is 2. The Morgan fingerprint density at radius 2 is 2.09 bits per heavy atom. The molecule has 126 valence electrons. The van der Waals surface area contributed by atoms with Gasteiger partial charge in [0.2, 0.25) is 0 Å². The highest BCUT2D eigenvalue weighted by Gasteiger charge is 2.28. The van der Waals surface area contributed by atoms with Gasteiger partial charge in [-0.2, -0.15) is 0 Å². The van der Waals surface area contributed by atoms with Gasteiger partial charge >= 0.3 is 0 Å². The van der Waals surface area contributed by atoms with Gasteiger partial charge in [0, 0.05) is 6.54 Å². The first-order chi connectivity index (χ1) is 10.9. The molecule has 0 aliphatic carbocycles. The number of aromatic amines is 1. The molecule has 8 nitrogen and oxygen atoms in total. The van der Waals surface area contributed by atoms with E-state index in [-0.39, 0.29) is 24.4 Å². The van der Waals surface area contributed by atoms with Crippen LogP contribution in [0.15, 0.2) is 24.3 Å². The first-order valence-corrected chi connectivity index (χ1v) is 7.38. The number of nitrogens with two attached hydrogens (primary N) is 1. The smallest absolute Gasteiger partial charge is 0.252 e. The molecular weight excluding hydrogens is 300 g/mol. The third kappa shape index (κ3) is 4.05. The van der Waals surface area contributed by atoms with Crippen LogP contribution >= 0.6 is 0 Å². The second-order valence-electron chi connectivity index (χ2n) is 5.69. The quantitative estimate of drug-likeness (QED) is 0.455. The zero-order valence-electron chi connectivity index (χ0n) is 13.1. The van der Waals surface area contributed by atoms with Gasteiger partial charge in [-0.25, -0.2) is 10.9 Å². The number of aliphatic hydroxyl groups is 2. The Bertz CT molecular complexity index is 625. The van der Waals surface area contributed by atoms with Crippen LogP contribution in [0, 0.1) is 5.92 Å². The zero-order chi connectivity index (χ0) is 17.0. The molecular formula is C15H22N4O4. The maximum atomic E-state index is 12.0. The number of para-hydroxylation sites is 2. The number of nitrogens with zero attached hydrogens (tertiary/aromatic N) is 1. The number of hydrogen-bond acceptors (Lipinski definition) is 6. The summed E-state index contributed by atoms with van der Waals surface area (Å²) >= 11 is 0. The third-order valence-corrected chi connectivity index (χ3v) is 3.65. The van der Waals surface area contributed by atoms with Gasteiger partial charge < -0.3 is 20.5 Å². The molecule has 0 fully saturated rings. The van der Waals surface area contributed by atoms with E-state index in [0.717, 1.165) is 0 Å². The molecule has 8 heteroatoms. The number of imidazole rings is 1. The largest absolute Gasteiger partial charge is 0.382 e. The molecule has 0 saturated heterocycles. The molecule has 0 bridgehead atoms. The van der Waals surface area contributed by atoms with Crippen LogP contribution in [0.1, 0.15) is 25.8 Å². The number of nitrogens with one attached hydrogen (secondary N) is 2. The van der Waals surface area contributed by atoms with Crippen molar-refractivity contribution < 1.29 is 19.8 Å². The lowest BCUT2D eigenvalue weighted by Crippen LogP contribution is -2.44. The van der Waals surface area contributed by atoms with Crippen molar-refractivity contribution in [2.24, 2.45) is 11.8 Å². The van der Waals surface area contributed by atoms with Crippen LogP contribution < -0.4 is 11.2 Å². The van der Waals surface area contributed by atoms with Gasteiger partial charge in [0.15, 0.2) is 6.10 Å². The second-order valence-corrected chi connectivity index (χ2v) is 5.69. The van der Waals surface area contributed by atoms with Crippen molar-refractivity contribution in [3.63, 3.8) is 0 Å². The van der Waals surface area contributed by atoms with E-state index in [1.165, 1.54) is 0 Å². The summed E-state index contributed by atoms with van der Waals surface area (Å²) in [5.74, 6) is 4.65. The number of carbonyl (C=O) groups excluding carboxylic acids is 1. The molecule has 3 atom stereocenters. The number of fused-ring (bicyclic) bond motifs is 1. The average Bonchev–Trinajstić information content (AvgIpc) is 2.97. The van der Waals surface area contributed by atoms with Gasteiger partial charge in [-0.05, 0) is 18.1 Å². The molecule has 1 amide bonds. The standard InChI is InChI=1S/C15H22N4O4/c1-8(2)11(23-16)7-17-15(22)13(21)12(20)14-18-9-5-3-4-6-10(9)19-14/h3-6,8,11-13,20-21H,7,16H2,1-2H3,(H,17,22)(H,18,19). The van der Waals surface area contributed by atoms with Crippen LogP contribution in [0.25, 0.3) is 11.0 Å². The topological polar surface area (TPSA) is 133 Å². The minimum atomic E-state index is -1.65. The Morgan fingerprint density at radius 3 is 2.70 bits per heavy atom. The molecule has 3 unspecified atom stereocenters. The van der Waals surface area contributed by atoms with E-state index in [4.69, 9.17) is 10.7 Å². The van der Waals surface area contributed by atoms with Crippen LogP contribution in [-0.4, -0.2) is 44.8 Å². The number of hydrogen-bond donors (Lipinski definition) is 5. The highest BCUT2D eigenvalue weighted by atomic mass is 16.6. The number of amides is 1. The fraction of sp³-hybridized carbons (Fsp3) is 0.467. The van der Waals surface area contributed by atoms with E-state index < -0.39 is 18.1 Å². The predicted molar refractivity (Wildman–Crippen MR) is 84.0 cm³/mol. The highest BCUT2D eigenvalue weighted by molar-refractivity contribution is 5.81. The van der Waals surface area contributed by atoms with Crippen molar-refractivity contribution in [2.45, 2.75) is 32.2 Å². The fourth-order valence-corrected chi connectivity index (χ4v) is 2.15. The Morgan fingerprint density at radius 1 is 1.39 bits per heavy atom. The van der Waals surface area contributed by atoms with Crippen LogP contribution in [0.5, 0.6) is 0 Å². The van der Waals surface area contributed by atoms with Gasteiger partial charge in [-0.1, -0.05) is 26.0 Å². The van der Waals surface area contributed by atoms with Gasteiger partial charge in [0.25, 0.3) is 5.91 Å². The van der Waals surface area contributed by atoms with Crippen LogP contribution in [0.4, 0.5) is 0 Å². The number of H-pyrrole nitrogens is 1. The lowest BCUT2D eigenvalue weighted by molar-refractivity contribution is -0.136. The Hall–Kier alpha value is -2.00. The molecule has 23 heavy (non-hydrogen) atoms. The highest BCUT2D eigenvalue weighted by Crippen LogP contribution is 2.18. The molecule has 0 aliphatic rings. The van der Waals surface area contributed by atoms with Crippen molar-refractivity contribution in [1.29, 1.82) is 0 Å². The summed E-state index contributed by atoms with van der Waals surface area (Å²) in [5, 5.41) is 22.6. The van der Waals surface area contributed by atoms with Crippen molar-refractivity contribution >= 4 is 16.9 Å². The van der Waals surface area contributed by atoms with Gasteiger partial charge in [-0.3, -0.25) is 9.63 Å². The summed E-state index contributed by atoms with van der Waals surface area (Å²) in [7, 11) is 0. The van der Waals surface area contributed by atoms with Gasteiger partial charge in [0.05, 0.1) is 17.1 Å². The maximum Gasteiger partial charge on any atom is 0.252 e. The van der Waals surface area contributed by atoms with E-state index >= 15 is 0 Å². The zero-order valence-corrected chi connectivity index (χ0v) is 13.1. The average molecular weight is 322 g/mol. The summed E-state index contributed by atoms with van der Waals surface area (Å²) in [6, 6.07) is 7.18. The van der Waals surface area contributed by atoms with E-state index in [1.54, 1.807) is 18.2 Å². The number of carbonyl (C=O) groups is 1. The van der Waals surface area contributed by atoms with Crippen molar-refractivity contribution in [3.05, 3.63) is 30.1 Å². The van der Waals surface area contributed by atoms with Crippen LogP contribution in [0.3, 0.4) is 0 Å². The monoisotopic (exact) mass is 322 g/mol. The van der Waals surface area contributed by atoms with Crippen molar-refractivity contribution in [1.82, 2.24) is 15.3 Å². The van der Waals surface area contributed by atoms with Gasteiger partial charge in [0.1, 0.15) is 11.9 Å². The summed E-state index contributed by atoms with van der Waals surface area (Å²) in [4.78, 5) is 23.8. The summed E-state index contributed by atoms with van der Waals surface area (Å²) in [6.45, 7) is 3.92. The number of aromatic nitrogens is 2. The minimum absolute atomic E-state index is 0.0951. The molecule has 0 radical (unpaired) electrons. The lowest BCUT2D eigenvalue weighted by atomic mass is 10.1. The maximum absolute atomic E-state index is 12.0. The van der Waals surface area contributed by atoms with Crippen LogP contribution in [-0.2, 0) is 9.63 Å². The van der Waals surface area contributed by atoms with Crippen molar-refractivity contribution in [3.8, 4) is 0 Å². The third-order valence-electron chi connectivity index (χ3n) is 3.65. The van der Waals surface area contributed by atoms with E-state index in [1.807, 2.05) is 19.9 Å². The fourth-order valence-electron chi connectivity index (χ4n) is 2.15. The molecule has 1 heterocycles. The predicted octanol–water partition coefficient (Wildman–Crippen LogP) is -0.0117. The number of rotatable bonds is 7. The van der Waals surface area contributed by atoms with Gasteiger partial charge in [-0.15, -0.1) is 0 Å². The molecule has 0 aliphatic heterocycles. The Kier molecular flexibility index (Phi) is 5.67. The van der Waals surface area contributed by atoms with Crippen LogP contribution in [0.2, 0.25) is 0 Å². The molecule has 2 rings (SSSR count). The Balaban J connectivity index is 2.00. The molecule has 0 spiro atoms. The lowest BCUT2D eigenvalue weighted by Gasteiger charge is -2.21. The molecule has 1 aromatic carbocycles. The molecule has 0 saturated carbocycles. The molecule has 6 N–H and O–H groups in total. The summed E-state index contributed by atoms with van der Waals surface area (Å²) in [5.41, 5.74) is 1.36. The Labute approximate surface area is 133 Å². The summed E-state index contributed by atoms with van der Waals surface area (Å²) < 4.78 is 0. The second kappa shape index (κ2) is 7.51. The molecule has 1 aromatic heterocycles. The first kappa shape index (κ1) is 17.4. The SMILES string of the molecule is CC(C)C(CNC(=O)C(O)C(O)c1nc2ccccc2[nH]1)ON. The van der Waals surface area contributed by atoms with E-state index in [0.29, 0.717) is 11.0 Å². The summed E-state index contributed by atoms with van der Waals surface area (Å²) in [6.07, 6.45) is -3.49. The number of benzene rings is 1. The normalized spacial score (nSPS) is 15.6. The van der Waals surface area contributed by atoms with E-state index in [2.05, 4.69) is 15.3 Å². The molecule has 2 aromatic rings. The van der Waals surface area contributed by atoms with Crippen molar-refractivity contribution in [2.75, 3.05) is 6.54 Å². The van der Waals surface area contributed by atoms with E-state index in [9.17, 15) is 15.0 Å².